The van der Waals surface area contributed by atoms with Crippen molar-refractivity contribution in [2.24, 2.45) is 0 Å². The van der Waals surface area contributed by atoms with Crippen molar-refractivity contribution in [3.63, 3.8) is 0 Å². The first-order valence-electron chi connectivity index (χ1n) is 8.67. The molecule has 0 saturated carbocycles. The van der Waals surface area contributed by atoms with Gasteiger partial charge in [-0.3, -0.25) is 0 Å². The van der Waals surface area contributed by atoms with Crippen LogP contribution in [0.1, 0.15) is 25.3 Å². The normalized spacial score (nSPS) is 14.8. The van der Waals surface area contributed by atoms with Gasteiger partial charge in [-0.05, 0) is 41.8 Å². The van der Waals surface area contributed by atoms with Gasteiger partial charge in [-0.2, -0.15) is 0 Å². The maximum absolute atomic E-state index is 6.58. The standard InChI is InChI=1S/C20H23Cl2NO2S/c1-13(2)16-12-15(4-5-19(16)24-3)26-20-17(21)10-14(11-18(20)22)23-6-8-25-9-7-23/h4-5,10-13H,6-9H2,1-3H3. The van der Waals surface area contributed by atoms with E-state index in [0.29, 0.717) is 16.0 Å². The Bertz CT molecular complexity index is 753. The third kappa shape index (κ3) is 4.42. The van der Waals surface area contributed by atoms with Gasteiger partial charge in [0.1, 0.15) is 5.75 Å². The first kappa shape index (κ1) is 19.7. The Morgan fingerprint density at radius 3 is 2.31 bits per heavy atom. The Balaban J connectivity index is 1.87. The molecule has 0 radical (unpaired) electrons. The molecule has 2 aromatic rings. The summed E-state index contributed by atoms with van der Waals surface area (Å²) in [7, 11) is 1.70. The van der Waals surface area contributed by atoms with Crippen LogP contribution in [0.4, 0.5) is 5.69 Å². The molecule has 2 aromatic carbocycles. The maximum Gasteiger partial charge on any atom is 0.122 e. The fraction of sp³-hybridized carbons (Fsp3) is 0.400. The van der Waals surface area contributed by atoms with Gasteiger partial charge in [-0.15, -0.1) is 0 Å². The Morgan fingerprint density at radius 2 is 1.73 bits per heavy atom. The number of anilines is 1. The van der Waals surface area contributed by atoms with Crippen LogP contribution < -0.4 is 9.64 Å². The molecule has 0 amide bonds. The van der Waals surface area contributed by atoms with E-state index in [1.54, 1.807) is 18.9 Å². The van der Waals surface area contributed by atoms with Crippen molar-refractivity contribution in [2.75, 3.05) is 38.3 Å². The lowest BCUT2D eigenvalue weighted by Gasteiger charge is -2.29. The van der Waals surface area contributed by atoms with Gasteiger partial charge in [0.25, 0.3) is 0 Å². The lowest BCUT2D eigenvalue weighted by atomic mass is 10.0. The van der Waals surface area contributed by atoms with Gasteiger partial charge in [0.15, 0.2) is 0 Å². The number of ether oxygens (including phenoxy) is 2. The molecule has 0 bridgehead atoms. The molecule has 140 valence electrons. The highest BCUT2D eigenvalue weighted by molar-refractivity contribution is 7.99. The number of benzene rings is 2. The minimum atomic E-state index is 0.375. The Kier molecular flexibility index (Phi) is 6.62. The zero-order chi connectivity index (χ0) is 18.7. The van der Waals surface area contributed by atoms with E-state index in [-0.39, 0.29) is 0 Å². The highest BCUT2D eigenvalue weighted by Crippen LogP contribution is 2.42. The first-order chi connectivity index (χ1) is 12.5. The molecule has 0 N–H and O–H groups in total. The van der Waals surface area contributed by atoms with Gasteiger partial charge in [-0.25, -0.2) is 0 Å². The second kappa shape index (κ2) is 8.75. The lowest BCUT2D eigenvalue weighted by molar-refractivity contribution is 0.122. The van der Waals surface area contributed by atoms with Gasteiger partial charge in [0.05, 0.1) is 30.4 Å². The maximum atomic E-state index is 6.58. The summed E-state index contributed by atoms with van der Waals surface area (Å²) in [5, 5.41) is 1.34. The van der Waals surface area contributed by atoms with Crippen molar-refractivity contribution >= 4 is 40.7 Å². The molecule has 0 atom stereocenters. The molecule has 0 aromatic heterocycles. The summed E-state index contributed by atoms with van der Waals surface area (Å²) in [6.45, 7) is 7.49. The third-order valence-corrected chi connectivity index (χ3v) is 6.36. The van der Waals surface area contributed by atoms with Crippen molar-refractivity contribution < 1.29 is 9.47 Å². The molecule has 0 aliphatic carbocycles. The van der Waals surface area contributed by atoms with Gasteiger partial charge >= 0.3 is 0 Å². The second-order valence-electron chi connectivity index (χ2n) is 6.50. The van der Waals surface area contributed by atoms with E-state index < -0.39 is 0 Å². The lowest BCUT2D eigenvalue weighted by Crippen LogP contribution is -2.36. The molecule has 3 nitrogen and oxygen atoms in total. The van der Waals surface area contributed by atoms with Gasteiger partial charge in [0, 0.05) is 28.6 Å². The summed E-state index contributed by atoms with van der Waals surface area (Å²) in [5.74, 6) is 1.28. The van der Waals surface area contributed by atoms with Gasteiger partial charge in [0.2, 0.25) is 0 Å². The molecule has 1 heterocycles. The van der Waals surface area contributed by atoms with Crippen molar-refractivity contribution in [2.45, 2.75) is 29.6 Å². The quantitative estimate of drug-likeness (QED) is 0.590. The zero-order valence-corrected chi connectivity index (χ0v) is 17.5. The highest BCUT2D eigenvalue weighted by Gasteiger charge is 2.17. The minimum absolute atomic E-state index is 0.375. The zero-order valence-electron chi connectivity index (χ0n) is 15.2. The van der Waals surface area contributed by atoms with Gasteiger partial charge < -0.3 is 14.4 Å². The molecule has 1 saturated heterocycles. The van der Waals surface area contributed by atoms with Crippen LogP contribution in [-0.4, -0.2) is 33.4 Å². The predicted molar refractivity (Wildman–Crippen MR) is 111 cm³/mol. The van der Waals surface area contributed by atoms with E-state index in [0.717, 1.165) is 47.5 Å². The van der Waals surface area contributed by atoms with Crippen LogP contribution >= 0.6 is 35.0 Å². The Morgan fingerprint density at radius 1 is 1.08 bits per heavy atom. The van der Waals surface area contributed by atoms with Crippen molar-refractivity contribution in [1.82, 2.24) is 0 Å². The third-order valence-electron chi connectivity index (χ3n) is 4.40. The smallest absolute Gasteiger partial charge is 0.122 e. The van der Waals surface area contributed by atoms with Gasteiger partial charge in [-0.1, -0.05) is 48.8 Å². The summed E-state index contributed by atoms with van der Waals surface area (Å²) in [5.41, 5.74) is 2.22. The van der Waals surface area contributed by atoms with E-state index in [1.807, 2.05) is 24.3 Å². The molecule has 0 unspecified atom stereocenters. The summed E-state index contributed by atoms with van der Waals surface area (Å²) >= 11 is 14.7. The second-order valence-corrected chi connectivity index (χ2v) is 8.40. The number of hydrogen-bond acceptors (Lipinski definition) is 4. The predicted octanol–water partition coefficient (Wildman–Crippen LogP) is 6.11. The number of halogens is 2. The fourth-order valence-corrected chi connectivity index (χ4v) is 4.57. The topological polar surface area (TPSA) is 21.7 Å². The number of methoxy groups -OCH3 is 1. The highest BCUT2D eigenvalue weighted by atomic mass is 35.5. The van der Waals surface area contributed by atoms with E-state index in [1.165, 1.54) is 5.56 Å². The van der Waals surface area contributed by atoms with Crippen LogP contribution in [0.3, 0.4) is 0 Å². The molecular formula is C20H23Cl2NO2S. The average Bonchev–Trinajstić information content (AvgIpc) is 2.65. The summed E-state index contributed by atoms with van der Waals surface area (Å²) in [6.07, 6.45) is 0. The average molecular weight is 412 g/mol. The molecular weight excluding hydrogens is 389 g/mol. The van der Waals surface area contributed by atoms with Crippen LogP contribution in [0, 0.1) is 0 Å². The number of morpholine rings is 1. The molecule has 6 heteroatoms. The molecule has 0 spiro atoms. The molecule has 26 heavy (non-hydrogen) atoms. The first-order valence-corrected chi connectivity index (χ1v) is 10.2. The van der Waals surface area contributed by atoms with Crippen molar-refractivity contribution in [1.29, 1.82) is 0 Å². The van der Waals surface area contributed by atoms with E-state index in [2.05, 4.69) is 24.8 Å². The SMILES string of the molecule is COc1ccc(Sc2c(Cl)cc(N3CCOCC3)cc2Cl)cc1C(C)C. The fourth-order valence-electron chi connectivity index (χ4n) is 2.99. The minimum Gasteiger partial charge on any atom is -0.496 e. The molecule has 1 aliphatic rings. The van der Waals surface area contributed by atoms with Crippen LogP contribution in [0.15, 0.2) is 40.1 Å². The molecule has 3 rings (SSSR count). The molecule has 1 fully saturated rings. The summed E-state index contributed by atoms with van der Waals surface area (Å²) < 4.78 is 10.9. The number of nitrogens with zero attached hydrogens (tertiary/aromatic N) is 1. The Hall–Kier alpha value is -1.07. The Labute approximate surface area is 169 Å². The van der Waals surface area contributed by atoms with Crippen LogP contribution in [0.2, 0.25) is 10.0 Å². The van der Waals surface area contributed by atoms with Crippen LogP contribution in [-0.2, 0) is 4.74 Å². The molecule has 1 aliphatic heterocycles. The summed E-state index contributed by atoms with van der Waals surface area (Å²) in [6, 6.07) is 10.2. The van der Waals surface area contributed by atoms with Crippen LogP contribution in [0.25, 0.3) is 0 Å². The van der Waals surface area contributed by atoms with Crippen LogP contribution in [0.5, 0.6) is 5.75 Å². The van der Waals surface area contributed by atoms with Crippen molar-refractivity contribution in [3.05, 3.63) is 45.9 Å². The van der Waals surface area contributed by atoms with E-state index >= 15 is 0 Å². The summed E-state index contributed by atoms with van der Waals surface area (Å²) in [4.78, 5) is 4.22. The number of hydrogen-bond donors (Lipinski definition) is 0. The monoisotopic (exact) mass is 411 g/mol. The van der Waals surface area contributed by atoms with E-state index in [4.69, 9.17) is 32.7 Å². The van der Waals surface area contributed by atoms with E-state index in [9.17, 15) is 0 Å². The van der Waals surface area contributed by atoms with Crippen molar-refractivity contribution in [3.8, 4) is 5.75 Å². The number of rotatable bonds is 5. The largest absolute Gasteiger partial charge is 0.496 e.